The van der Waals surface area contributed by atoms with Crippen LogP contribution in [0, 0.1) is 0 Å². The molecule has 0 fully saturated rings. The Morgan fingerprint density at radius 1 is 1.36 bits per heavy atom. The van der Waals surface area contributed by atoms with Gasteiger partial charge < -0.3 is 4.74 Å². The zero-order chi connectivity index (χ0) is 8.36. The molecule has 0 aromatic heterocycles. The molecule has 0 aromatic carbocycles. The van der Waals surface area contributed by atoms with E-state index in [2.05, 4.69) is 19.3 Å². The lowest BCUT2D eigenvalue weighted by atomic mass is 10.3. The number of ether oxygens (including phenoxy) is 1. The number of thioether (sulfide) groups is 1. The van der Waals surface area contributed by atoms with Gasteiger partial charge in [0.2, 0.25) is 0 Å². The summed E-state index contributed by atoms with van der Waals surface area (Å²) in [5.74, 6) is 1.05. The normalized spacial score (nSPS) is 10.7. The second kappa shape index (κ2) is 9.89. The number of hydrogen-bond donors (Lipinski definition) is 0. The van der Waals surface area contributed by atoms with Crippen molar-refractivity contribution in [1.82, 2.24) is 0 Å². The van der Waals surface area contributed by atoms with Gasteiger partial charge in [0.05, 0.1) is 12.9 Å². The van der Waals surface area contributed by atoms with Crippen LogP contribution in [-0.2, 0) is 4.74 Å². The predicted octanol–water partition coefficient (Wildman–Crippen LogP) is 3.07. The summed E-state index contributed by atoms with van der Waals surface area (Å²) in [4.78, 5) is 0. The topological polar surface area (TPSA) is 9.23 Å². The van der Waals surface area contributed by atoms with Crippen LogP contribution in [0.3, 0.4) is 0 Å². The molecule has 11 heavy (non-hydrogen) atoms. The molecule has 1 nitrogen and oxygen atoms in total. The second-order valence-electron chi connectivity index (χ2n) is 2.41. The molecule has 0 aliphatic heterocycles. The van der Waals surface area contributed by atoms with Crippen molar-refractivity contribution in [2.75, 3.05) is 18.6 Å². The average Bonchev–Trinajstić information content (AvgIpc) is 2.03. The van der Waals surface area contributed by atoms with Gasteiger partial charge in [-0.15, -0.1) is 0 Å². The summed E-state index contributed by atoms with van der Waals surface area (Å²) in [6, 6.07) is 0. The highest BCUT2D eigenvalue weighted by Crippen LogP contribution is 1.95. The maximum atomic E-state index is 5.24. The van der Waals surface area contributed by atoms with Crippen LogP contribution in [0.5, 0.6) is 0 Å². The van der Waals surface area contributed by atoms with E-state index in [4.69, 9.17) is 4.74 Å². The summed E-state index contributed by atoms with van der Waals surface area (Å²) in [5, 5.41) is 0. The standard InChI is InChI=1S/C9H18OS/c1-3-4-5-7-10-8-6-9-11-2/h6,8H,3-5,7,9H2,1-2H3. The zero-order valence-electron chi connectivity index (χ0n) is 7.51. The van der Waals surface area contributed by atoms with Gasteiger partial charge >= 0.3 is 0 Å². The van der Waals surface area contributed by atoms with E-state index >= 15 is 0 Å². The molecule has 0 aliphatic rings. The van der Waals surface area contributed by atoms with E-state index in [1.807, 2.05) is 6.26 Å². The molecule has 0 N–H and O–H groups in total. The van der Waals surface area contributed by atoms with Gasteiger partial charge in [-0.25, -0.2) is 0 Å². The third kappa shape index (κ3) is 9.89. The molecule has 0 saturated carbocycles. The minimum atomic E-state index is 0.874. The molecule has 0 amide bonds. The van der Waals surface area contributed by atoms with Crippen molar-refractivity contribution in [3.05, 3.63) is 12.3 Å². The number of rotatable bonds is 7. The lowest BCUT2D eigenvalue weighted by Crippen LogP contribution is -1.86. The molecule has 0 aromatic rings. The lowest BCUT2D eigenvalue weighted by Gasteiger charge is -1.97. The molecular formula is C9H18OS. The van der Waals surface area contributed by atoms with E-state index < -0.39 is 0 Å². The van der Waals surface area contributed by atoms with Gasteiger partial charge in [-0.3, -0.25) is 0 Å². The Labute approximate surface area is 74.2 Å². The fourth-order valence-corrected chi connectivity index (χ4v) is 0.978. The quantitative estimate of drug-likeness (QED) is 0.433. The molecule has 0 atom stereocenters. The van der Waals surface area contributed by atoms with Gasteiger partial charge in [0.1, 0.15) is 0 Å². The Balaban J connectivity index is 2.89. The Hall–Kier alpha value is -0.110. The minimum Gasteiger partial charge on any atom is -0.502 e. The Kier molecular flexibility index (Phi) is 9.79. The maximum absolute atomic E-state index is 5.24. The third-order valence-corrected chi connectivity index (χ3v) is 1.85. The van der Waals surface area contributed by atoms with Crippen molar-refractivity contribution in [1.29, 1.82) is 0 Å². The van der Waals surface area contributed by atoms with Crippen molar-refractivity contribution in [3.63, 3.8) is 0 Å². The summed E-state index contributed by atoms with van der Waals surface area (Å²) in [6.45, 7) is 3.07. The minimum absolute atomic E-state index is 0.874. The number of unbranched alkanes of at least 4 members (excludes halogenated alkanes) is 2. The third-order valence-electron chi connectivity index (χ3n) is 1.32. The first kappa shape index (κ1) is 10.9. The molecule has 0 heterocycles. The summed E-state index contributed by atoms with van der Waals surface area (Å²) in [6.07, 6.45) is 9.67. The smallest absolute Gasteiger partial charge is 0.0873 e. The van der Waals surface area contributed by atoms with Gasteiger partial charge in [-0.1, -0.05) is 19.8 Å². The van der Waals surface area contributed by atoms with E-state index in [0.29, 0.717) is 0 Å². The fourth-order valence-electron chi connectivity index (χ4n) is 0.707. The Bertz CT molecular complexity index is 91.6. The predicted molar refractivity (Wildman–Crippen MR) is 53.0 cm³/mol. The first-order valence-corrected chi connectivity index (χ1v) is 5.56. The summed E-state index contributed by atoms with van der Waals surface area (Å²) in [5.41, 5.74) is 0. The summed E-state index contributed by atoms with van der Waals surface area (Å²) < 4.78 is 5.24. The van der Waals surface area contributed by atoms with Crippen LogP contribution in [0.2, 0.25) is 0 Å². The fraction of sp³-hybridized carbons (Fsp3) is 0.778. The summed E-state index contributed by atoms with van der Waals surface area (Å²) in [7, 11) is 0. The Morgan fingerprint density at radius 2 is 2.18 bits per heavy atom. The molecule has 0 bridgehead atoms. The first-order valence-electron chi connectivity index (χ1n) is 4.17. The first-order chi connectivity index (χ1) is 5.41. The molecule has 66 valence electrons. The zero-order valence-corrected chi connectivity index (χ0v) is 8.32. The molecule has 0 rings (SSSR count). The molecule has 0 saturated heterocycles. The highest BCUT2D eigenvalue weighted by Gasteiger charge is 1.82. The molecular weight excluding hydrogens is 156 g/mol. The molecule has 0 radical (unpaired) electrons. The molecule has 0 spiro atoms. The van der Waals surface area contributed by atoms with Crippen molar-refractivity contribution >= 4 is 11.8 Å². The van der Waals surface area contributed by atoms with Gasteiger partial charge in [-0.2, -0.15) is 11.8 Å². The van der Waals surface area contributed by atoms with E-state index in [1.165, 1.54) is 19.3 Å². The van der Waals surface area contributed by atoms with Crippen LogP contribution < -0.4 is 0 Å². The van der Waals surface area contributed by atoms with Gasteiger partial charge in [-0.05, 0) is 18.8 Å². The van der Waals surface area contributed by atoms with E-state index in [-0.39, 0.29) is 0 Å². The van der Waals surface area contributed by atoms with E-state index in [9.17, 15) is 0 Å². The average molecular weight is 174 g/mol. The van der Waals surface area contributed by atoms with Gasteiger partial charge in [0.25, 0.3) is 0 Å². The van der Waals surface area contributed by atoms with Crippen molar-refractivity contribution in [3.8, 4) is 0 Å². The second-order valence-corrected chi connectivity index (χ2v) is 3.32. The molecule has 0 aliphatic carbocycles. The van der Waals surface area contributed by atoms with Crippen LogP contribution >= 0.6 is 11.8 Å². The monoisotopic (exact) mass is 174 g/mol. The van der Waals surface area contributed by atoms with E-state index in [0.717, 1.165) is 12.4 Å². The molecule has 0 unspecified atom stereocenters. The van der Waals surface area contributed by atoms with Gasteiger partial charge in [0.15, 0.2) is 0 Å². The van der Waals surface area contributed by atoms with Crippen LogP contribution in [0.15, 0.2) is 12.3 Å². The largest absolute Gasteiger partial charge is 0.502 e. The van der Waals surface area contributed by atoms with E-state index in [1.54, 1.807) is 11.8 Å². The van der Waals surface area contributed by atoms with Crippen LogP contribution in [0.4, 0.5) is 0 Å². The summed E-state index contributed by atoms with van der Waals surface area (Å²) >= 11 is 1.80. The van der Waals surface area contributed by atoms with Crippen molar-refractivity contribution in [2.24, 2.45) is 0 Å². The lowest BCUT2D eigenvalue weighted by molar-refractivity contribution is 0.241. The van der Waals surface area contributed by atoms with Crippen LogP contribution in [0.1, 0.15) is 26.2 Å². The Morgan fingerprint density at radius 3 is 2.82 bits per heavy atom. The maximum Gasteiger partial charge on any atom is 0.0873 e. The van der Waals surface area contributed by atoms with Crippen LogP contribution in [-0.4, -0.2) is 18.6 Å². The SMILES string of the molecule is CCCCCOC=CCSC. The van der Waals surface area contributed by atoms with Crippen LogP contribution in [0.25, 0.3) is 0 Å². The van der Waals surface area contributed by atoms with Crippen molar-refractivity contribution < 1.29 is 4.74 Å². The van der Waals surface area contributed by atoms with Gasteiger partial charge in [0, 0.05) is 5.75 Å². The molecule has 2 heteroatoms. The highest BCUT2D eigenvalue weighted by atomic mass is 32.2. The number of hydrogen-bond acceptors (Lipinski definition) is 2. The highest BCUT2D eigenvalue weighted by molar-refractivity contribution is 7.98. The van der Waals surface area contributed by atoms with Crippen molar-refractivity contribution in [2.45, 2.75) is 26.2 Å².